The van der Waals surface area contributed by atoms with Crippen LogP contribution in [0.1, 0.15) is 57.4 Å². The Morgan fingerprint density at radius 2 is 1.92 bits per heavy atom. The largest absolute Gasteiger partial charge is 0.478 e. The third kappa shape index (κ3) is 4.60. The normalized spacial score (nSPS) is 28.3. The molecule has 3 N–H and O–H groups in total. The van der Waals surface area contributed by atoms with E-state index in [0.29, 0.717) is 5.75 Å². The van der Waals surface area contributed by atoms with Gasteiger partial charge < -0.3 is 15.8 Å². The number of carbonyl (C=O) groups excluding carboxylic acids is 1. The topological polar surface area (TPSA) is 64.3 Å². The van der Waals surface area contributed by atoms with E-state index in [1.807, 2.05) is 24.3 Å². The van der Waals surface area contributed by atoms with Crippen molar-refractivity contribution in [3.05, 3.63) is 29.8 Å². The molecule has 1 aromatic carbocycles. The summed E-state index contributed by atoms with van der Waals surface area (Å²) in [6.45, 7) is 3.56. The van der Waals surface area contributed by atoms with Crippen molar-refractivity contribution in [3.63, 3.8) is 0 Å². The minimum Gasteiger partial charge on any atom is -0.478 e. The first-order chi connectivity index (χ1) is 11.7. The summed E-state index contributed by atoms with van der Waals surface area (Å²) in [5.74, 6) is 0.717. The van der Waals surface area contributed by atoms with Gasteiger partial charge in [-0.15, -0.1) is 23.2 Å². The van der Waals surface area contributed by atoms with Crippen LogP contribution in [0.2, 0.25) is 0 Å². The second-order valence-corrected chi connectivity index (χ2v) is 9.34. The number of hydrogen-bond donors (Lipinski definition) is 2. The van der Waals surface area contributed by atoms with Gasteiger partial charge in [-0.2, -0.15) is 0 Å². The number of nitrogens with two attached hydrogens (primary N) is 1. The first-order valence-corrected chi connectivity index (χ1v) is 9.66. The van der Waals surface area contributed by atoms with E-state index in [-0.39, 0.29) is 23.9 Å². The molecule has 2 aliphatic rings. The molecule has 0 saturated heterocycles. The molecule has 138 valence electrons. The van der Waals surface area contributed by atoms with E-state index >= 15 is 0 Å². The van der Waals surface area contributed by atoms with Gasteiger partial charge in [0.25, 0.3) is 5.91 Å². The van der Waals surface area contributed by atoms with Crippen LogP contribution in [-0.2, 0) is 4.79 Å². The Balaban J connectivity index is 1.57. The molecule has 4 nitrogen and oxygen atoms in total. The zero-order chi connectivity index (χ0) is 18.2. The molecule has 1 unspecified atom stereocenters. The second-order valence-electron chi connectivity index (χ2n) is 7.80. The Morgan fingerprint density at radius 1 is 1.28 bits per heavy atom. The highest BCUT2D eigenvalue weighted by Gasteiger charge is 2.52. The molecular weight excluding hydrogens is 359 g/mol. The van der Waals surface area contributed by atoms with Gasteiger partial charge in [0.1, 0.15) is 10.1 Å². The van der Waals surface area contributed by atoms with Crippen LogP contribution in [0.3, 0.4) is 0 Å². The van der Waals surface area contributed by atoms with Gasteiger partial charge in [-0.05, 0) is 63.6 Å². The maximum Gasteiger partial charge on any atom is 0.263 e. The number of rotatable bonds is 5. The molecule has 0 radical (unpaired) electrons. The van der Waals surface area contributed by atoms with Crippen molar-refractivity contribution in [1.82, 2.24) is 5.32 Å². The summed E-state index contributed by atoms with van der Waals surface area (Å²) in [7, 11) is 0. The average Bonchev–Trinajstić information content (AvgIpc) is 3.16. The second kappa shape index (κ2) is 6.98. The number of hydrogen-bond acceptors (Lipinski definition) is 3. The van der Waals surface area contributed by atoms with E-state index < -0.39 is 9.93 Å². The van der Waals surface area contributed by atoms with Crippen molar-refractivity contribution in [1.29, 1.82) is 0 Å². The fourth-order valence-corrected chi connectivity index (χ4v) is 3.96. The molecule has 0 bridgehead atoms. The fourth-order valence-electron chi connectivity index (χ4n) is 3.40. The van der Waals surface area contributed by atoms with E-state index in [4.69, 9.17) is 33.7 Å². The van der Waals surface area contributed by atoms with Crippen molar-refractivity contribution in [2.45, 2.75) is 73.9 Å². The first kappa shape index (κ1) is 18.8. The quantitative estimate of drug-likeness (QED) is 0.756. The minimum absolute atomic E-state index is 0.113. The van der Waals surface area contributed by atoms with Crippen LogP contribution in [0, 0.1) is 0 Å². The van der Waals surface area contributed by atoms with E-state index in [2.05, 4.69) is 5.32 Å². The van der Waals surface area contributed by atoms with E-state index in [1.165, 1.54) is 0 Å². The van der Waals surface area contributed by atoms with Crippen LogP contribution in [-0.4, -0.2) is 27.9 Å². The van der Waals surface area contributed by atoms with Gasteiger partial charge in [-0.3, -0.25) is 4.79 Å². The van der Waals surface area contributed by atoms with Crippen molar-refractivity contribution in [2.75, 3.05) is 0 Å². The molecule has 0 aliphatic heterocycles. The molecule has 3 rings (SSSR count). The lowest BCUT2D eigenvalue weighted by molar-refractivity contribution is -0.135. The summed E-state index contributed by atoms with van der Waals surface area (Å²) in [4.78, 5) is 12.6. The number of carbonyl (C=O) groups is 1. The zero-order valence-electron chi connectivity index (χ0n) is 14.7. The third-order valence-corrected chi connectivity index (χ3v) is 5.91. The molecule has 25 heavy (non-hydrogen) atoms. The highest BCUT2D eigenvalue weighted by atomic mass is 35.5. The van der Waals surface area contributed by atoms with Gasteiger partial charge >= 0.3 is 0 Å². The third-order valence-electron chi connectivity index (χ3n) is 5.08. The molecule has 2 saturated carbocycles. The van der Waals surface area contributed by atoms with E-state index in [1.54, 1.807) is 13.8 Å². The lowest BCUT2D eigenvalue weighted by Gasteiger charge is -2.31. The number of ether oxygens (including phenoxy) is 1. The van der Waals surface area contributed by atoms with Crippen LogP contribution in [0.15, 0.2) is 24.3 Å². The Labute approximate surface area is 159 Å². The van der Waals surface area contributed by atoms with Crippen LogP contribution in [0.4, 0.5) is 0 Å². The lowest BCUT2D eigenvalue weighted by Crippen LogP contribution is -2.52. The predicted molar refractivity (Wildman–Crippen MR) is 101 cm³/mol. The number of nitrogens with one attached hydrogen (secondary N) is 1. The number of amides is 1. The monoisotopic (exact) mass is 384 g/mol. The van der Waals surface area contributed by atoms with Crippen LogP contribution in [0.5, 0.6) is 5.75 Å². The van der Waals surface area contributed by atoms with E-state index in [0.717, 1.165) is 37.7 Å². The standard InChI is InChI=1S/C19H26Cl2N2O2/c1-18(2,17(24)23-14-5-3-4-13(22)10-14)25-15-8-6-12(7-9-15)16-11-19(16,20)21/h6-9,13-14,16H,3-5,10-11,22H2,1-2H3,(H,23,24)/t13-,14+,16?/m0/s1. The summed E-state index contributed by atoms with van der Waals surface area (Å²) >= 11 is 12.2. The minimum atomic E-state index is -0.953. The van der Waals surface area contributed by atoms with Crippen molar-refractivity contribution in [2.24, 2.45) is 5.73 Å². The zero-order valence-corrected chi connectivity index (χ0v) is 16.2. The van der Waals surface area contributed by atoms with Gasteiger partial charge in [-0.25, -0.2) is 0 Å². The van der Waals surface area contributed by atoms with Gasteiger partial charge in [0.2, 0.25) is 0 Å². The fraction of sp³-hybridized carbons (Fsp3) is 0.632. The smallest absolute Gasteiger partial charge is 0.263 e. The Hall–Kier alpha value is -0.970. The average molecular weight is 385 g/mol. The first-order valence-electron chi connectivity index (χ1n) is 8.91. The maximum atomic E-state index is 12.6. The molecule has 1 aromatic rings. The van der Waals surface area contributed by atoms with Crippen molar-refractivity contribution >= 4 is 29.1 Å². The summed E-state index contributed by atoms with van der Waals surface area (Å²) in [6, 6.07) is 7.96. The molecule has 3 atom stereocenters. The van der Waals surface area contributed by atoms with Crippen molar-refractivity contribution in [3.8, 4) is 5.75 Å². The van der Waals surface area contributed by atoms with Gasteiger partial charge in [0.05, 0.1) is 0 Å². The van der Waals surface area contributed by atoms with E-state index in [9.17, 15) is 4.79 Å². The van der Waals surface area contributed by atoms with Gasteiger partial charge in [-0.1, -0.05) is 12.1 Å². The summed E-state index contributed by atoms with van der Waals surface area (Å²) in [6.07, 6.45) is 4.67. The highest BCUT2D eigenvalue weighted by molar-refractivity contribution is 6.51. The SMILES string of the molecule is CC(C)(Oc1ccc(C2CC2(Cl)Cl)cc1)C(=O)N[C@@H]1CCC[C@H](N)C1. The number of halogens is 2. The Morgan fingerprint density at radius 3 is 2.48 bits per heavy atom. The maximum absolute atomic E-state index is 12.6. The molecule has 2 fully saturated rings. The van der Waals surface area contributed by atoms with Crippen LogP contribution in [0.25, 0.3) is 0 Å². The number of alkyl halides is 2. The molecular formula is C19H26Cl2N2O2. The molecule has 1 amide bonds. The molecule has 0 spiro atoms. The van der Waals surface area contributed by atoms with Crippen LogP contribution >= 0.6 is 23.2 Å². The molecule has 2 aliphatic carbocycles. The lowest BCUT2D eigenvalue weighted by atomic mass is 9.91. The van der Waals surface area contributed by atoms with Gasteiger partial charge in [0, 0.05) is 18.0 Å². The summed E-state index contributed by atoms with van der Waals surface area (Å²) in [5.41, 5.74) is 6.14. The molecule has 6 heteroatoms. The Kier molecular flexibility index (Phi) is 5.25. The van der Waals surface area contributed by atoms with Crippen LogP contribution < -0.4 is 15.8 Å². The highest BCUT2D eigenvalue weighted by Crippen LogP contribution is 2.59. The predicted octanol–water partition coefficient (Wildman–Crippen LogP) is 3.89. The molecule has 0 aromatic heterocycles. The van der Waals surface area contributed by atoms with Crippen molar-refractivity contribution < 1.29 is 9.53 Å². The number of benzene rings is 1. The molecule has 0 heterocycles. The summed E-state index contributed by atoms with van der Waals surface area (Å²) in [5, 5.41) is 3.08. The van der Waals surface area contributed by atoms with Gasteiger partial charge in [0.15, 0.2) is 5.60 Å². The summed E-state index contributed by atoms with van der Waals surface area (Å²) < 4.78 is 5.29. The Bertz CT molecular complexity index is 631.